The number of Topliss-reactive ketones (excluding diaryl/α,β-unsaturated/α-hetero) is 1. The van der Waals surface area contributed by atoms with Crippen molar-refractivity contribution in [3.05, 3.63) is 12.2 Å². The second-order valence-electron chi connectivity index (χ2n) is 4.40. The Balaban J connectivity index is 2.59. The van der Waals surface area contributed by atoms with E-state index in [1.807, 2.05) is 19.0 Å². The lowest BCUT2D eigenvalue weighted by molar-refractivity contribution is -0.142. The summed E-state index contributed by atoms with van der Waals surface area (Å²) in [5.74, 6) is -0.144. The Morgan fingerprint density at radius 3 is 2.76 bits per heavy atom. The minimum absolute atomic E-state index is 0.0286. The van der Waals surface area contributed by atoms with Crippen LogP contribution >= 0.6 is 0 Å². The molecule has 1 unspecified atom stereocenters. The molecule has 1 aliphatic rings. The Morgan fingerprint density at radius 1 is 1.47 bits per heavy atom. The van der Waals surface area contributed by atoms with Gasteiger partial charge in [-0.25, -0.2) is 0 Å². The van der Waals surface area contributed by atoms with E-state index in [4.69, 9.17) is 4.74 Å². The highest BCUT2D eigenvalue weighted by Gasteiger charge is 2.29. The predicted octanol–water partition coefficient (Wildman–Crippen LogP) is -0.0794. The van der Waals surface area contributed by atoms with E-state index in [1.165, 1.54) is 13.0 Å². The molecule has 0 aromatic carbocycles. The van der Waals surface area contributed by atoms with Crippen molar-refractivity contribution in [3.63, 3.8) is 0 Å². The van der Waals surface area contributed by atoms with Gasteiger partial charge in [0.1, 0.15) is 6.04 Å². The van der Waals surface area contributed by atoms with Gasteiger partial charge < -0.3 is 14.5 Å². The van der Waals surface area contributed by atoms with Gasteiger partial charge in [0, 0.05) is 19.2 Å². The molecular formula is C12H20N2O3. The number of likely N-dealkylation sites (N-methyl/N-ethyl adjacent to an activating group) is 1. The zero-order valence-electron chi connectivity index (χ0n) is 10.7. The normalized spacial score (nSPS) is 21.2. The van der Waals surface area contributed by atoms with Crippen molar-refractivity contribution in [1.29, 1.82) is 0 Å². The lowest BCUT2D eigenvalue weighted by atomic mass is 10.1. The number of nitrogens with zero attached hydrogens (tertiary/aromatic N) is 2. The molecule has 0 aromatic heterocycles. The van der Waals surface area contributed by atoms with Crippen LogP contribution in [0.15, 0.2) is 12.2 Å². The highest BCUT2D eigenvalue weighted by Crippen LogP contribution is 2.08. The van der Waals surface area contributed by atoms with Crippen LogP contribution in [0.1, 0.15) is 6.92 Å². The maximum atomic E-state index is 11.9. The molecule has 1 rings (SSSR count). The minimum Gasteiger partial charge on any atom is -0.377 e. The SMILES string of the molecule is CC(=O)C1COCCN1C(=O)/C=C/CN(C)C. The molecule has 1 amide bonds. The molecule has 0 N–H and O–H groups in total. The zero-order valence-corrected chi connectivity index (χ0v) is 10.7. The summed E-state index contributed by atoms with van der Waals surface area (Å²) in [4.78, 5) is 26.8. The lowest BCUT2D eigenvalue weighted by Crippen LogP contribution is -2.51. The number of hydrogen-bond donors (Lipinski definition) is 0. The van der Waals surface area contributed by atoms with Gasteiger partial charge in [-0.2, -0.15) is 0 Å². The minimum atomic E-state index is -0.430. The van der Waals surface area contributed by atoms with Crippen LogP contribution in [0.4, 0.5) is 0 Å². The first-order chi connectivity index (χ1) is 8.02. The second-order valence-corrected chi connectivity index (χ2v) is 4.40. The molecule has 17 heavy (non-hydrogen) atoms. The van der Waals surface area contributed by atoms with E-state index >= 15 is 0 Å². The summed E-state index contributed by atoms with van der Waals surface area (Å²) in [5.41, 5.74) is 0. The van der Waals surface area contributed by atoms with Gasteiger partial charge in [0.05, 0.1) is 13.2 Å². The fraction of sp³-hybridized carbons (Fsp3) is 0.667. The molecule has 0 aromatic rings. The number of hydrogen-bond acceptors (Lipinski definition) is 4. The first kappa shape index (κ1) is 13.9. The largest absolute Gasteiger partial charge is 0.377 e. The highest BCUT2D eigenvalue weighted by atomic mass is 16.5. The van der Waals surface area contributed by atoms with E-state index in [-0.39, 0.29) is 11.7 Å². The molecule has 96 valence electrons. The van der Waals surface area contributed by atoms with Gasteiger partial charge in [-0.1, -0.05) is 6.08 Å². The lowest BCUT2D eigenvalue weighted by Gasteiger charge is -2.33. The maximum absolute atomic E-state index is 11.9. The maximum Gasteiger partial charge on any atom is 0.247 e. The van der Waals surface area contributed by atoms with Crippen LogP contribution < -0.4 is 0 Å². The summed E-state index contributed by atoms with van der Waals surface area (Å²) in [6, 6.07) is -0.430. The number of carbonyl (C=O) groups is 2. The smallest absolute Gasteiger partial charge is 0.247 e. The Kier molecular flexibility index (Phi) is 5.31. The average molecular weight is 240 g/mol. The van der Waals surface area contributed by atoms with E-state index in [0.29, 0.717) is 26.3 Å². The topological polar surface area (TPSA) is 49.9 Å². The molecule has 1 saturated heterocycles. The van der Waals surface area contributed by atoms with Crippen LogP contribution in [-0.2, 0) is 14.3 Å². The standard InChI is InChI=1S/C12H20N2O3/c1-10(15)11-9-17-8-7-14(11)12(16)5-4-6-13(2)3/h4-5,11H,6-9H2,1-3H3/b5-4+. The summed E-state index contributed by atoms with van der Waals surface area (Å²) in [7, 11) is 3.86. The van der Waals surface area contributed by atoms with Gasteiger partial charge in [0.15, 0.2) is 5.78 Å². The fourth-order valence-electron chi connectivity index (χ4n) is 1.66. The van der Waals surface area contributed by atoms with Gasteiger partial charge >= 0.3 is 0 Å². The highest BCUT2D eigenvalue weighted by molar-refractivity contribution is 5.93. The first-order valence-corrected chi connectivity index (χ1v) is 5.72. The molecular weight excluding hydrogens is 220 g/mol. The van der Waals surface area contributed by atoms with Crippen molar-refractivity contribution in [2.75, 3.05) is 40.4 Å². The van der Waals surface area contributed by atoms with Crippen molar-refractivity contribution in [2.45, 2.75) is 13.0 Å². The average Bonchev–Trinajstić information content (AvgIpc) is 2.28. The summed E-state index contributed by atoms with van der Waals surface area (Å²) in [6.07, 6.45) is 3.33. The molecule has 0 radical (unpaired) electrons. The second kappa shape index (κ2) is 6.51. The van der Waals surface area contributed by atoms with E-state index in [2.05, 4.69) is 0 Å². The molecule has 1 fully saturated rings. The number of morpholine rings is 1. The van der Waals surface area contributed by atoms with Crippen LogP contribution in [0.5, 0.6) is 0 Å². The monoisotopic (exact) mass is 240 g/mol. The van der Waals surface area contributed by atoms with Crippen LogP contribution in [0.2, 0.25) is 0 Å². The molecule has 5 nitrogen and oxygen atoms in total. The molecule has 0 aliphatic carbocycles. The summed E-state index contributed by atoms with van der Waals surface area (Å²) in [6.45, 7) is 3.49. The van der Waals surface area contributed by atoms with Crippen LogP contribution in [0, 0.1) is 0 Å². The number of ketones is 1. The molecule has 1 heterocycles. The molecule has 1 aliphatic heterocycles. The Labute approximate surface area is 102 Å². The van der Waals surface area contributed by atoms with Crippen molar-refractivity contribution >= 4 is 11.7 Å². The van der Waals surface area contributed by atoms with Gasteiger partial charge in [0.2, 0.25) is 5.91 Å². The molecule has 5 heteroatoms. The zero-order chi connectivity index (χ0) is 12.8. The van der Waals surface area contributed by atoms with Crippen molar-refractivity contribution in [1.82, 2.24) is 9.80 Å². The summed E-state index contributed by atoms with van der Waals surface area (Å²) in [5, 5.41) is 0. The van der Waals surface area contributed by atoms with E-state index in [9.17, 15) is 9.59 Å². The number of carbonyl (C=O) groups excluding carboxylic acids is 2. The number of rotatable bonds is 4. The number of amides is 1. The first-order valence-electron chi connectivity index (χ1n) is 5.72. The van der Waals surface area contributed by atoms with E-state index in [0.717, 1.165) is 0 Å². The molecule has 0 saturated carbocycles. The Morgan fingerprint density at radius 2 is 2.18 bits per heavy atom. The van der Waals surface area contributed by atoms with Gasteiger partial charge in [-0.3, -0.25) is 9.59 Å². The summed E-state index contributed by atoms with van der Waals surface area (Å²) < 4.78 is 5.22. The molecule has 1 atom stereocenters. The number of ether oxygens (including phenoxy) is 1. The van der Waals surface area contributed by atoms with Crippen molar-refractivity contribution < 1.29 is 14.3 Å². The van der Waals surface area contributed by atoms with Gasteiger partial charge in [0.25, 0.3) is 0 Å². The summed E-state index contributed by atoms with van der Waals surface area (Å²) >= 11 is 0. The van der Waals surface area contributed by atoms with Crippen molar-refractivity contribution in [2.24, 2.45) is 0 Å². The fourth-order valence-corrected chi connectivity index (χ4v) is 1.66. The van der Waals surface area contributed by atoms with Crippen molar-refractivity contribution in [3.8, 4) is 0 Å². The van der Waals surface area contributed by atoms with Crippen LogP contribution in [0.3, 0.4) is 0 Å². The van der Waals surface area contributed by atoms with Gasteiger partial charge in [-0.15, -0.1) is 0 Å². The van der Waals surface area contributed by atoms with Crippen LogP contribution in [-0.4, -0.2) is 67.9 Å². The van der Waals surface area contributed by atoms with E-state index in [1.54, 1.807) is 11.0 Å². The Hall–Kier alpha value is -1.20. The third kappa shape index (κ3) is 4.28. The predicted molar refractivity (Wildman–Crippen MR) is 64.7 cm³/mol. The van der Waals surface area contributed by atoms with Gasteiger partial charge in [-0.05, 0) is 21.0 Å². The molecule has 0 spiro atoms. The third-order valence-corrected chi connectivity index (χ3v) is 2.61. The third-order valence-electron chi connectivity index (χ3n) is 2.61. The quantitative estimate of drug-likeness (QED) is 0.645. The Bertz CT molecular complexity index is 313. The molecule has 0 bridgehead atoms. The van der Waals surface area contributed by atoms with Crippen LogP contribution in [0.25, 0.3) is 0 Å². The van der Waals surface area contributed by atoms with E-state index < -0.39 is 6.04 Å².